The number of fused-ring (bicyclic) bond motifs is 5. The van der Waals surface area contributed by atoms with Gasteiger partial charge in [-0.15, -0.1) is 0 Å². The monoisotopic (exact) mass is 420 g/mol. The third kappa shape index (κ3) is 2.82. The zero-order valence-electron chi connectivity index (χ0n) is 17.1. The van der Waals surface area contributed by atoms with Crippen LogP contribution in [0.25, 0.3) is 22.3 Å². The molecule has 158 valence electrons. The minimum Gasteiger partial charge on any atom is -0.508 e. The predicted octanol–water partition coefficient (Wildman–Crippen LogP) is 2.74. The van der Waals surface area contributed by atoms with E-state index in [1.807, 2.05) is 6.92 Å². The number of phenolic OH excluding ortho intramolecular Hbond substituents is 1. The van der Waals surface area contributed by atoms with Gasteiger partial charge < -0.3 is 19.1 Å². The summed E-state index contributed by atoms with van der Waals surface area (Å²) in [4.78, 5) is 42.2. The molecule has 4 heterocycles. The van der Waals surface area contributed by atoms with Crippen LogP contribution in [0.3, 0.4) is 0 Å². The van der Waals surface area contributed by atoms with Crippen molar-refractivity contribution >= 4 is 22.8 Å². The van der Waals surface area contributed by atoms with Gasteiger partial charge >= 0.3 is 11.9 Å². The van der Waals surface area contributed by atoms with Crippen molar-refractivity contribution in [3.63, 3.8) is 0 Å². The van der Waals surface area contributed by atoms with E-state index >= 15 is 0 Å². The van der Waals surface area contributed by atoms with Gasteiger partial charge in [-0.1, -0.05) is 13.8 Å². The van der Waals surface area contributed by atoms with Crippen LogP contribution in [0.2, 0.25) is 0 Å². The molecule has 8 heteroatoms. The molecule has 1 N–H and O–H groups in total. The average molecular weight is 420 g/mol. The molecule has 0 amide bonds. The van der Waals surface area contributed by atoms with Gasteiger partial charge in [0.15, 0.2) is 0 Å². The molecule has 1 atom stereocenters. The summed E-state index contributed by atoms with van der Waals surface area (Å²) in [6.45, 7) is 3.83. The highest BCUT2D eigenvalue weighted by molar-refractivity contribution is 5.89. The number of esters is 2. The second-order valence-corrected chi connectivity index (χ2v) is 7.66. The second-order valence-electron chi connectivity index (χ2n) is 7.66. The Morgan fingerprint density at radius 1 is 1.26 bits per heavy atom. The van der Waals surface area contributed by atoms with Crippen molar-refractivity contribution in [2.24, 2.45) is 0 Å². The molecule has 0 saturated heterocycles. The number of aromatic nitrogens is 2. The lowest BCUT2D eigenvalue weighted by Gasteiger charge is -2.24. The fourth-order valence-corrected chi connectivity index (χ4v) is 4.41. The van der Waals surface area contributed by atoms with Crippen molar-refractivity contribution in [2.75, 3.05) is 0 Å². The Balaban J connectivity index is 1.75. The van der Waals surface area contributed by atoms with Gasteiger partial charge in [-0.3, -0.25) is 9.59 Å². The van der Waals surface area contributed by atoms with E-state index in [0.29, 0.717) is 41.0 Å². The lowest BCUT2D eigenvalue weighted by Crippen LogP contribution is -2.34. The molecule has 0 bridgehead atoms. The Bertz CT molecular complexity index is 1340. The van der Waals surface area contributed by atoms with Crippen LogP contribution in [-0.4, -0.2) is 26.6 Å². The van der Waals surface area contributed by atoms with Crippen LogP contribution in [0.5, 0.6) is 5.75 Å². The summed E-state index contributed by atoms with van der Waals surface area (Å²) in [7, 11) is 0. The van der Waals surface area contributed by atoms with Crippen LogP contribution >= 0.6 is 0 Å². The van der Waals surface area contributed by atoms with Gasteiger partial charge in [0, 0.05) is 22.9 Å². The molecule has 8 nitrogen and oxygen atoms in total. The van der Waals surface area contributed by atoms with Gasteiger partial charge in [0.2, 0.25) is 6.10 Å². The predicted molar refractivity (Wildman–Crippen MR) is 111 cm³/mol. The van der Waals surface area contributed by atoms with Gasteiger partial charge in [-0.05, 0) is 36.2 Å². The third-order valence-electron chi connectivity index (χ3n) is 5.93. The first-order valence-corrected chi connectivity index (χ1v) is 10.2. The van der Waals surface area contributed by atoms with E-state index in [1.54, 1.807) is 35.8 Å². The van der Waals surface area contributed by atoms with E-state index in [4.69, 9.17) is 14.5 Å². The molecule has 2 aliphatic heterocycles. The Kier molecular flexibility index (Phi) is 4.32. The second kappa shape index (κ2) is 6.94. The number of rotatable bonds is 3. The molecule has 0 fully saturated rings. The lowest BCUT2D eigenvalue weighted by atomic mass is 9.97. The zero-order chi connectivity index (χ0) is 21.9. The number of phenols is 1. The van der Waals surface area contributed by atoms with Gasteiger partial charge in [-0.2, -0.15) is 0 Å². The number of aromatic hydroxyl groups is 1. The molecule has 31 heavy (non-hydrogen) atoms. The first-order valence-electron chi connectivity index (χ1n) is 10.2. The maximum atomic E-state index is 13.3. The minimum absolute atomic E-state index is 0.103. The van der Waals surface area contributed by atoms with Crippen LogP contribution in [0.4, 0.5) is 0 Å². The molecular formula is C23H20N2O6. The quantitative estimate of drug-likeness (QED) is 0.508. The van der Waals surface area contributed by atoms with Crippen molar-refractivity contribution in [1.29, 1.82) is 0 Å². The van der Waals surface area contributed by atoms with E-state index < -0.39 is 18.0 Å². The number of benzene rings is 1. The largest absolute Gasteiger partial charge is 0.508 e. The smallest absolute Gasteiger partial charge is 0.352 e. The summed E-state index contributed by atoms with van der Waals surface area (Å²) in [5.74, 6) is -1.08. The number of nitrogens with zero attached hydrogens (tertiary/aromatic N) is 2. The van der Waals surface area contributed by atoms with Crippen molar-refractivity contribution in [2.45, 2.75) is 45.9 Å². The first kappa shape index (κ1) is 19.3. The first-order chi connectivity index (χ1) is 14.9. The van der Waals surface area contributed by atoms with E-state index in [1.165, 1.54) is 0 Å². The minimum atomic E-state index is -1.26. The van der Waals surface area contributed by atoms with E-state index in [0.717, 1.165) is 16.5 Å². The standard InChI is InChI=1S/C23H20N2O6/c1-3-12-13-7-11(26)5-6-17(13)24-20-15(12)9-25-18(20)8-14-16(22(25)28)10-30-23(29)21(14)31-19(27)4-2/h5-8,21,26H,3-4,9-10H2,1-2H3/t21-/m1/s1. The van der Waals surface area contributed by atoms with E-state index in [9.17, 15) is 19.5 Å². The van der Waals surface area contributed by atoms with Crippen LogP contribution in [0, 0.1) is 0 Å². The summed E-state index contributed by atoms with van der Waals surface area (Å²) in [5, 5.41) is 10.8. The Labute approximate surface area is 177 Å². The third-order valence-corrected chi connectivity index (χ3v) is 5.93. The zero-order valence-corrected chi connectivity index (χ0v) is 17.1. The topological polar surface area (TPSA) is 108 Å². The number of pyridine rings is 2. The molecule has 0 unspecified atom stereocenters. The summed E-state index contributed by atoms with van der Waals surface area (Å²) >= 11 is 0. The Morgan fingerprint density at radius 2 is 2.06 bits per heavy atom. The van der Waals surface area contributed by atoms with Crippen molar-refractivity contribution in [3.8, 4) is 17.1 Å². The SMILES string of the molecule is CCC(=O)O[C@H]1C(=O)OCc2c1cc1n(c2=O)Cc2c-1nc1ccc(O)cc1c2CC. The molecule has 5 rings (SSSR count). The van der Waals surface area contributed by atoms with Crippen LogP contribution < -0.4 is 5.56 Å². The van der Waals surface area contributed by atoms with E-state index in [-0.39, 0.29) is 24.3 Å². The summed E-state index contributed by atoms with van der Waals surface area (Å²) in [6.07, 6.45) is -0.459. The molecule has 1 aromatic carbocycles. The fourth-order valence-electron chi connectivity index (χ4n) is 4.41. The number of cyclic esters (lactones) is 1. The number of hydrogen-bond donors (Lipinski definition) is 1. The molecular weight excluding hydrogens is 400 g/mol. The maximum absolute atomic E-state index is 13.3. The summed E-state index contributed by atoms with van der Waals surface area (Å²) < 4.78 is 12.0. The average Bonchev–Trinajstić information content (AvgIpc) is 3.12. The number of carbonyl (C=O) groups excluding carboxylic acids is 2. The highest BCUT2D eigenvalue weighted by atomic mass is 16.6. The lowest BCUT2D eigenvalue weighted by molar-refractivity contribution is -0.171. The summed E-state index contributed by atoms with van der Waals surface area (Å²) in [6, 6.07) is 6.72. The van der Waals surface area contributed by atoms with E-state index in [2.05, 4.69) is 0 Å². The highest BCUT2D eigenvalue weighted by Gasteiger charge is 2.37. The van der Waals surface area contributed by atoms with Gasteiger partial charge in [0.05, 0.1) is 29.0 Å². The van der Waals surface area contributed by atoms with Crippen LogP contribution in [0.1, 0.15) is 48.6 Å². The van der Waals surface area contributed by atoms with Gasteiger partial charge in [0.25, 0.3) is 5.56 Å². The maximum Gasteiger partial charge on any atom is 0.352 e. The molecule has 2 aliphatic rings. The summed E-state index contributed by atoms with van der Waals surface area (Å²) in [5.41, 5.74) is 4.25. The molecule has 0 radical (unpaired) electrons. The van der Waals surface area contributed by atoms with Crippen LogP contribution in [0.15, 0.2) is 29.1 Å². The Morgan fingerprint density at radius 3 is 2.81 bits per heavy atom. The van der Waals surface area contributed by atoms with Crippen molar-refractivity contribution < 1.29 is 24.2 Å². The highest BCUT2D eigenvalue weighted by Crippen LogP contribution is 2.39. The molecule has 0 aliphatic carbocycles. The normalized spacial score (nSPS) is 16.5. The molecule has 0 saturated carbocycles. The van der Waals surface area contributed by atoms with Gasteiger partial charge in [-0.25, -0.2) is 9.78 Å². The number of carbonyl (C=O) groups is 2. The molecule has 3 aromatic rings. The number of ether oxygens (including phenoxy) is 2. The Hall–Kier alpha value is -3.68. The van der Waals surface area contributed by atoms with Gasteiger partial charge in [0.1, 0.15) is 12.4 Å². The number of hydrogen-bond acceptors (Lipinski definition) is 7. The number of aryl methyl sites for hydroxylation is 1. The van der Waals surface area contributed by atoms with Crippen molar-refractivity contribution in [3.05, 3.63) is 56.9 Å². The molecule has 0 spiro atoms. The fraction of sp³-hybridized carbons (Fsp3) is 0.304. The molecule has 2 aromatic heterocycles. The van der Waals surface area contributed by atoms with Crippen molar-refractivity contribution in [1.82, 2.24) is 9.55 Å². The van der Waals surface area contributed by atoms with Crippen LogP contribution in [-0.2, 0) is 38.6 Å².